The van der Waals surface area contributed by atoms with Gasteiger partial charge in [-0.15, -0.1) is 11.3 Å². The van der Waals surface area contributed by atoms with Gasteiger partial charge in [0.05, 0.1) is 12.8 Å². The molecule has 1 aromatic carbocycles. The first-order valence-corrected chi connectivity index (χ1v) is 7.30. The van der Waals surface area contributed by atoms with E-state index in [0.29, 0.717) is 11.8 Å². The molecule has 3 rings (SSSR count). The zero-order chi connectivity index (χ0) is 13.2. The van der Waals surface area contributed by atoms with Crippen LogP contribution in [0.4, 0.5) is 0 Å². The van der Waals surface area contributed by atoms with Gasteiger partial charge in [0.25, 0.3) is 0 Å². The summed E-state index contributed by atoms with van der Waals surface area (Å²) in [5.74, 6) is 0.771. The van der Waals surface area contributed by atoms with Gasteiger partial charge in [-0.2, -0.15) is 0 Å². The highest BCUT2D eigenvalue weighted by atomic mass is 35.5. The van der Waals surface area contributed by atoms with E-state index in [1.54, 1.807) is 17.5 Å². The van der Waals surface area contributed by atoms with E-state index in [-0.39, 0.29) is 0 Å². The standard InChI is InChI=1S/C15H12ClNOS/c1-2-18-13-9-17-14(16)8-12(13)11-5-3-4-10-6-7-19-15(10)11/h3-9H,2H2,1H3. The van der Waals surface area contributed by atoms with E-state index < -0.39 is 0 Å². The van der Waals surface area contributed by atoms with Crippen molar-refractivity contribution in [3.05, 3.63) is 47.1 Å². The lowest BCUT2D eigenvalue weighted by Crippen LogP contribution is -1.95. The molecule has 0 N–H and O–H groups in total. The van der Waals surface area contributed by atoms with Crippen molar-refractivity contribution in [3.8, 4) is 16.9 Å². The smallest absolute Gasteiger partial charge is 0.145 e. The number of nitrogens with zero attached hydrogens (tertiary/aromatic N) is 1. The van der Waals surface area contributed by atoms with Crippen molar-refractivity contribution in [2.24, 2.45) is 0 Å². The number of fused-ring (bicyclic) bond motifs is 1. The van der Waals surface area contributed by atoms with Crippen LogP contribution in [-0.4, -0.2) is 11.6 Å². The Hall–Kier alpha value is -1.58. The van der Waals surface area contributed by atoms with E-state index >= 15 is 0 Å². The summed E-state index contributed by atoms with van der Waals surface area (Å²) in [7, 11) is 0. The van der Waals surface area contributed by atoms with Crippen LogP contribution >= 0.6 is 22.9 Å². The predicted molar refractivity (Wildman–Crippen MR) is 81.2 cm³/mol. The van der Waals surface area contributed by atoms with Crippen molar-refractivity contribution in [1.82, 2.24) is 4.98 Å². The van der Waals surface area contributed by atoms with Crippen molar-refractivity contribution in [3.63, 3.8) is 0 Å². The third-order valence-electron chi connectivity index (χ3n) is 2.90. The van der Waals surface area contributed by atoms with Crippen LogP contribution in [0.5, 0.6) is 5.75 Å². The van der Waals surface area contributed by atoms with Gasteiger partial charge >= 0.3 is 0 Å². The number of benzene rings is 1. The lowest BCUT2D eigenvalue weighted by Gasteiger charge is -2.11. The van der Waals surface area contributed by atoms with Gasteiger partial charge < -0.3 is 4.74 Å². The third kappa shape index (κ3) is 2.31. The van der Waals surface area contributed by atoms with Gasteiger partial charge in [-0.05, 0) is 29.8 Å². The fraction of sp³-hybridized carbons (Fsp3) is 0.133. The SMILES string of the molecule is CCOc1cnc(Cl)cc1-c1cccc2ccsc12. The van der Waals surface area contributed by atoms with E-state index in [9.17, 15) is 0 Å². The molecule has 0 saturated heterocycles. The molecular weight excluding hydrogens is 278 g/mol. The Kier molecular flexibility index (Phi) is 3.40. The summed E-state index contributed by atoms with van der Waals surface area (Å²) in [4.78, 5) is 4.10. The van der Waals surface area contributed by atoms with Crippen LogP contribution in [0.25, 0.3) is 21.2 Å². The van der Waals surface area contributed by atoms with E-state index in [1.807, 2.05) is 13.0 Å². The molecule has 0 spiro atoms. The Morgan fingerprint density at radius 2 is 2.16 bits per heavy atom. The van der Waals surface area contributed by atoms with Gasteiger partial charge in [-0.25, -0.2) is 4.98 Å². The molecule has 2 heterocycles. The summed E-state index contributed by atoms with van der Waals surface area (Å²) in [6.07, 6.45) is 1.69. The average Bonchev–Trinajstić information content (AvgIpc) is 2.89. The summed E-state index contributed by atoms with van der Waals surface area (Å²) in [6, 6.07) is 10.2. The minimum atomic E-state index is 0.479. The second-order valence-electron chi connectivity index (χ2n) is 4.08. The first-order valence-electron chi connectivity index (χ1n) is 6.04. The third-order valence-corrected chi connectivity index (χ3v) is 4.07. The first-order chi connectivity index (χ1) is 9.29. The molecule has 0 unspecified atom stereocenters. The van der Waals surface area contributed by atoms with Gasteiger partial charge in [0.2, 0.25) is 0 Å². The van der Waals surface area contributed by atoms with Gasteiger partial charge in [-0.1, -0.05) is 29.8 Å². The number of halogens is 1. The molecule has 19 heavy (non-hydrogen) atoms. The number of rotatable bonds is 3. The Bertz CT molecular complexity index is 723. The molecule has 4 heteroatoms. The molecule has 3 aromatic rings. The van der Waals surface area contributed by atoms with Crippen LogP contribution in [0.1, 0.15) is 6.92 Å². The maximum atomic E-state index is 6.03. The zero-order valence-electron chi connectivity index (χ0n) is 10.4. The summed E-state index contributed by atoms with van der Waals surface area (Å²) in [6.45, 7) is 2.57. The molecule has 2 aromatic heterocycles. The Morgan fingerprint density at radius 3 is 3.00 bits per heavy atom. The zero-order valence-corrected chi connectivity index (χ0v) is 12.0. The number of hydrogen-bond donors (Lipinski definition) is 0. The van der Waals surface area contributed by atoms with Crippen LogP contribution in [0, 0.1) is 0 Å². The van der Waals surface area contributed by atoms with Crippen molar-refractivity contribution >= 4 is 33.0 Å². The van der Waals surface area contributed by atoms with Crippen molar-refractivity contribution < 1.29 is 4.74 Å². The van der Waals surface area contributed by atoms with Gasteiger partial charge in [0, 0.05) is 15.8 Å². The van der Waals surface area contributed by atoms with E-state index in [1.165, 1.54) is 10.1 Å². The highest BCUT2D eigenvalue weighted by molar-refractivity contribution is 7.17. The highest BCUT2D eigenvalue weighted by Crippen LogP contribution is 2.38. The second kappa shape index (κ2) is 5.19. The molecule has 0 bridgehead atoms. The molecule has 0 fully saturated rings. The summed E-state index contributed by atoms with van der Waals surface area (Å²) < 4.78 is 6.90. The van der Waals surface area contributed by atoms with Crippen molar-refractivity contribution in [2.45, 2.75) is 6.92 Å². The molecule has 96 valence electrons. The molecule has 0 amide bonds. The second-order valence-corrected chi connectivity index (χ2v) is 5.38. The maximum absolute atomic E-state index is 6.03. The van der Waals surface area contributed by atoms with Crippen molar-refractivity contribution in [1.29, 1.82) is 0 Å². The topological polar surface area (TPSA) is 22.1 Å². The van der Waals surface area contributed by atoms with Crippen LogP contribution in [0.3, 0.4) is 0 Å². The fourth-order valence-electron chi connectivity index (χ4n) is 2.10. The normalized spacial score (nSPS) is 10.8. The largest absolute Gasteiger partial charge is 0.492 e. The van der Waals surface area contributed by atoms with Gasteiger partial charge in [-0.3, -0.25) is 0 Å². The van der Waals surface area contributed by atoms with Crippen LogP contribution in [-0.2, 0) is 0 Å². The predicted octanol–water partition coefficient (Wildman–Crippen LogP) is 5.02. The molecule has 0 aliphatic carbocycles. The van der Waals surface area contributed by atoms with Crippen LogP contribution in [0.2, 0.25) is 5.15 Å². The van der Waals surface area contributed by atoms with E-state index in [2.05, 4.69) is 34.6 Å². The molecule has 0 aliphatic rings. The van der Waals surface area contributed by atoms with Gasteiger partial charge in [0.1, 0.15) is 10.9 Å². The fourth-order valence-corrected chi connectivity index (χ4v) is 3.19. The number of pyridine rings is 1. The first kappa shape index (κ1) is 12.5. The highest BCUT2D eigenvalue weighted by Gasteiger charge is 2.11. The number of aromatic nitrogens is 1. The van der Waals surface area contributed by atoms with Crippen LogP contribution in [0.15, 0.2) is 41.9 Å². The molecule has 0 atom stereocenters. The molecular formula is C15H12ClNOS. The maximum Gasteiger partial charge on any atom is 0.145 e. The number of hydrogen-bond acceptors (Lipinski definition) is 3. The van der Waals surface area contributed by atoms with Gasteiger partial charge in [0.15, 0.2) is 0 Å². The Morgan fingerprint density at radius 1 is 1.26 bits per heavy atom. The summed E-state index contributed by atoms with van der Waals surface area (Å²) >= 11 is 7.75. The monoisotopic (exact) mass is 289 g/mol. The lowest BCUT2D eigenvalue weighted by molar-refractivity contribution is 0.340. The number of thiophene rings is 1. The molecule has 2 nitrogen and oxygen atoms in total. The van der Waals surface area contributed by atoms with Crippen LogP contribution < -0.4 is 4.74 Å². The summed E-state index contributed by atoms with van der Waals surface area (Å²) in [5.41, 5.74) is 2.13. The van der Waals surface area contributed by atoms with E-state index in [4.69, 9.17) is 16.3 Å². The Labute approximate surface area is 120 Å². The molecule has 0 radical (unpaired) electrons. The van der Waals surface area contributed by atoms with Crippen molar-refractivity contribution in [2.75, 3.05) is 6.61 Å². The molecule has 0 saturated carbocycles. The molecule has 0 aliphatic heterocycles. The minimum absolute atomic E-state index is 0.479. The average molecular weight is 290 g/mol. The van der Waals surface area contributed by atoms with E-state index in [0.717, 1.165) is 16.9 Å². The Balaban J connectivity index is 2.25. The minimum Gasteiger partial charge on any atom is -0.492 e. The quantitative estimate of drug-likeness (QED) is 0.632. The number of ether oxygens (including phenoxy) is 1. The lowest BCUT2D eigenvalue weighted by atomic mass is 10.0. The summed E-state index contributed by atoms with van der Waals surface area (Å²) in [5, 5.41) is 3.81.